The molecule has 0 radical (unpaired) electrons. The van der Waals surface area contributed by atoms with Gasteiger partial charge in [-0.15, -0.1) is 0 Å². The SMILES string of the molecule is C[S+]([O-])C(CC(=O)NCCc1ccccc1)C1CCCN1C(=O)OC(C)(C)C. The molecule has 1 aromatic carbocycles. The average molecular weight is 409 g/mol. The van der Waals surface area contributed by atoms with Crippen LogP contribution in [0.4, 0.5) is 4.79 Å². The highest BCUT2D eigenvalue weighted by atomic mass is 32.2. The van der Waals surface area contributed by atoms with Crippen molar-refractivity contribution in [3.8, 4) is 0 Å². The molecule has 1 aromatic rings. The predicted octanol–water partition coefficient (Wildman–Crippen LogP) is 2.88. The zero-order valence-electron chi connectivity index (χ0n) is 17.3. The van der Waals surface area contributed by atoms with Crippen molar-refractivity contribution in [2.75, 3.05) is 19.3 Å². The third-order valence-electron chi connectivity index (χ3n) is 4.75. The lowest BCUT2D eigenvalue weighted by atomic mass is 10.1. The van der Waals surface area contributed by atoms with E-state index < -0.39 is 28.1 Å². The second-order valence-corrected chi connectivity index (χ2v) is 9.81. The van der Waals surface area contributed by atoms with Crippen LogP contribution in [0.2, 0.25) is 0 Å². The van der Waals surface area contributed by atoms with E-state index in [4.69, 9.17) is 4.74 Å². The van der Waals surface area contributed by atoms with Crippen LogP contribution in [-0.2, 0) is 27.1 Å². The van der Waals surface area contributed by atoms with Crippen LogP contribution in [0.1, 0.15) is 45.6 Å². The van der Waals surface area contributed by atoms with E-state index in [1.165, 1.54) is 0 Å². The number of hydrogen-bond donors (Lipinski definition) is 1. The van der Waals surface area contributed by atoms with Crippen molar-refractivity contribution in [2.45, 2.75) is 63.3 Å². The Labute approximate surface area is 171 Å². The molecule has 0 aliphatic carbocycles. The summed E-state index contributed by atoms with van der Waals surface area (Å²) >= 11 is -1.23. The Morgan fingerprint density at radius 3 is 2.61 bits per heavy atom. The van der Waals surface area contributed by atoms with Crippen molar-refractivity contribution in [2.24, 2.45) is 0 Å². The number of rotatable bonds is 7. The molecule has 1 N–H and O–H groups in total. The van der Waals surface area contributed by atoms with Crippen LogP contribution in [-0.4, -0.2) is 57.7 Å². The number of likely N-dealkylation sites (tertiary alicyclic amines) is 1. The van der Waals surface area contributed by atoms with E-state index in [1.54, 1.807) is 11.2 Å². The monoisotopic (exact) mass is 408 g/mol. The number of nitrogens with zero attached hydrogens (tertiary/aromatic N) is 1. The molecular formula is C21H32N2O4S. The molecule has 0 aromatic heterocycles. The summed E-state index contributed by atoms with van der Waals surface area (Å²) in [5, 5.41) is 2.52. The van der Waals surface area contributed by atoms with Crippen LogP contribution < -0.4 is 5.32 Å². The third-order valence-corrected chi connectivity index (χ3v) is 6.08. The maximum absolute atomic E-state index is 12.5. The molecule has 3 atom stereocenters. The van der Waals surface area contributed by atoms with Crippen LogP contribution in [0.5, 0.6) is 0 Å². The zero-order chi connectivity index (χ0) is 20.7. The van der Waals surface area contributed by atoms with Crippen molar-refractivity contribution < 1.29 is 18.9 Å². The number of hydrogen-bond acceptors (Lipinski definition) is 4. The second-order valence-electron chi connectivity index (χ2n) is 8.21. The summed E-state index contributed by atoms with van der Waals surface area (Å²) in [5.41, 5.74) is 0.574. The van der Waals surface area contributed by atoms with Crippen LogP contribution in [0, 0.1) is 0 Å². The van der Waals surface area contributed by atoms with Gasteiger partial charge in [-0.1, -0.05) is 41.5 Å². The van der Waals surface area contributed by atoms with Gasteiger partial charge in [0.05, 0.1) is 18.7 Å². The fraction of sp³-hybridized carbons (Fsp3) is 0.619. The van der Waals surface area contributed by atoms with E-state index in [1.807, 2.05) is 51.1 Å². The van der Waals surface area contributed by atoms with Gasteiger partial charge in [0.25, 0.3) is 0 Å². The molecule has 1 aliphatic heterocycles. The highest BCUT2D eigenvalue weighted by Crippen LogP contribution is 2.27. The summed E-state index contributed by atoms with van der Waals surface area (Å²) in [6.45, 7) is 6.58. The van der Waals surface area contributed by atoms with Crippen molar-refractivity contribution in [3.05, 3.63) is 35.9 Å². The minimum atomic E-state index is -1.23. The first-order chi connectivity index (χ1) is 13.2. The molecule has 2 amide bonds. The van der Waals surface area contributed by atoms with Gasteiger partial charge in [-0.2, -0.15) is 0 Å². The van der Waals surface area contributed by atoms with Gasteiger partial charge in [-0.05, 0) is 45.6 Å². The highest BCUT2D eigenvalue weighted by Gasteiger charge is 2.42. The number of ether oxygens (including phenoxy) is 1. The molecule has 1 fully saturated rings. The number of carbonyl (C=O) groups excluding carboxylic acids is 2. The van der Waals surface area contributed by atoms with E-state index in [-0.39, 0.29) is 18.4 Å². The lowest BCUT2D eigenvalue weighted by Gasteiger charge is -2.32. The van der Waals surface area contributed by atoms with Gasteiger partial charge in [0.15, 0.2) is 0 Å². The summed E-state index contributed by atoms with van der Waals surface area (Å²) in [6, 6.07) is 9.71. The molecule has 156 valence electrons. The number of nitrogens with one attached hydrogen (secondary N) is 1. The van der Waals surface area contributed by atoms with Crippen molar-refractivity contribution in [3.63, 3.8) is 0 Å². The van der Waals surface area contributed by atoms with Gasteiger partial charge in [0, 0.05) is 13.1 Å². The van der Waals surface area contributed by atoms with E-state index in [0.29, 0.717) is 13.1 Å². The highest BCUT2D eigenvalue weighted by molar-refractivity contribution is 7.91. The molecule has 6 nitrogen and oxygen atoms in total. The molecule has 0 saturated carbocycles. The maximum Gasteiger partial charge on any atom is 0.410 e. The summed E-state index contributed by atoms with van der Waals surface area (Å²) in [7, 11) is 0. The Balaban J connectivity index is 1.92. The van der Waals surface area contributed by atoms with Gasteiger partial charge < -0.3 is 19.5 Å². The van der Waals surface area contributed by atoms with Gasteiger partial charge in [-0.3, -0.25) is 4.79 Å². The Morgan fingerprint density at radius 1 is 1.32 bits per heavy atom. The summed E-state index contributed by atoms with van der Waals surface area (Å²) in [4.78, 5) is 26.6. The molecule has 1 aliphatic rings. The maximum atomic E-state index is 12.5. The van der Waals surface area contributed by atoms with Crippen LogP contribution in [0.3, 0.4) is 0 Å². The molecule has 3 unspecified atom stereocenters. The Bertz CT molecular complexity index is 646. The Kier molecular flexibility index (Phi) is 8.19. The van der Waals surface area contributed by atoms with Crippen LogP contribution in [0.15, 0.2) is 30.3 Å². The molecule has 2 rings (SSSR count). The van der Waals surface area contributed by atoms with Crippen molar-refractivity contribution in [1.29, 1.82) is 0 Å². The fourth-order valence-corrected chi connectivity index (χ4v) is 4.56. The first kappa shape index (κ1) is 22.6. The number of amides is 2. The molecule has 0 bridgehead atoms. The topological polar surface area (TPSA) is 81.7 Å². The number of carbonyl (C=O) groups is 2. The van der Waals surface area contributed by atoms with E-state index in [2.05, 4.69) is 5.32 Å². The summed E-state index contributed by atoms with van der Waals surface area (Å²) < 4.78 is 17.9. The fourth-order valence-electron chi connectivity index (χ4n) is 3.45. The van der Waals surface area contributed by atoms with Crippen molar-refractivity contribution >= 4 is 23.2 Å². The average Bonchev–Trinajstić information content (AvgIpc) is 3.08. The van der Waals surface area contributed by atoms with Crippen molar-refractivity contribution in [1.82, 2.24) is 10.2 Å². The lowest BCUT2D eigenvalue weighted by Crippen LogP contribution is -2.49. The smallest absolute Gasteiger partial charge is 0.410 e. The molecule has 1 saturated heterocycles. The molecule has 7 heteroatoms. The van der Waals surface area contributed by atoms with Crippen LogP contribution in [0.25, 0.3) is 0 Å². The molecule has 1 heterocycles. The standard InChI is InChI=1S/C21H32N2O4S/c1-21(2,3)27-20(25)23-14-8-11-17(23)18(28(4)26)15-19(24)22-13-12-16-9-6-5-7-10-16/h5-7,9-10,17-18H,8,11-15H2,1-4H3,(H,22,24). The molecular weight excluding hydrogens is 376 g/mol. The first-order valence-corrected chi connectivity index (χ1v) is 11.4. The first-order valence-electron chi connectivity index (χ1n) is 9.80. The van der Waals surface area contributed by atoms with E-state index in [9.17, 15) is 14.1 Å². The minimum Gasteiger partial charge on any atom is -0.616 e. The third kappa shape index (κ3) is 7.02. The Morgan fingerprint density at radius 2 is 2.00 bits per heavy atom. The molecule has 28 heavy (non-hydrogen) atoms. The lowest BCUT2D eigenvalue weighted by molar-refractivity contribution is -0.121. The van der Waals surface area contributed by atoms with E-state index >= 15 is 0 Å². The van der Waals surface area contributed by atoms with Crippen LogP contribution >= 0.6 is 0 Å². The summed E-state index contributed by atoms with van der Waals surface area (Å²) in [5.74, 6) is -0.132. The zero-order valence-corrected chi connectivity index (χ0v) is 18.1. The largest absolute Gasteiger partial charge is 0.616 e. The second kappa shape index (κ2) is 10.2. The van der Waals surface area contributed by atoms with E-state index in [0.717, 1.165) is 24.8 Å². The minimum absolute atomic E-state index is 0.132. The van der Waals surface area contributed by atoms with Gasteiger partial charge in [0.1, 0.15) is 10.9 Å². The van der Waals surface area contributed by atoms with Gasteiger partial charge in [-0.25, -0.2) is 4.79 Å². The van der Waals surface area contributed by atoms with Gasteiger partial charge in [0.2, 0.25) is 5.91 Å². The number of benzene rings is 1. The quantitative estimate of drug-likeness (QED) is 0.704. The summed E-state index contributed by atoms with van der Waals surface area (Å²) in [6.07, 6.45) is 3.67. The normalized spacial score (nSPS) is 19.2. The predicted molar refractivity (Wildman–Crippen MR) is 112 cm³/mol. The van der Waals surface area contributed by atoms with Gasteiger partial charge >= 0.3 is 6.09 Å². The Hall–Kier alpha value is -1.73. The molecule has 0 spiro atoms.